The monoisotopic (exact) mass is 293 g/mol. The average molecular weight is 293 g/mol. The van der Waals surface area contributed by atoms with E-state index in [1.54, 1.807) is 12.1 Å². The van der Waals surface area contributed by atoms with Crippen molar-refractivity contribution in [2.75, 3.05) is 6.61 Å². The van der Waals surface area contributed by atoms with Crippen molar-refractivity contribution in [1.29, 1.82) is 0 Å². The highest BCUT2D eigenvalue weighted by Gasteiger charge is 2.18. The van der Waals surface area contributed by atoms with Gasteiger partial charge in [-0.1, -0.05) is 12.1 Å². The molecule has 116 valence electrons. The molecule has 0 fully saturated rings. The summed E-state index contributed by atoms with van der Waals surface area (Å²) in [6.45, 7) is 8.86. The number of carbonyl (C=O) groups is 2. The van der Waals surface area contributed by atoms with E-state index >= 15 is 0 Å². The van der Waals surface area contributed by atoms with Gasteiger partial charge in [0.1, 0.15) is 18.0 Å². The zero-order valence-corrected chi connectivity index (χ0v) is 13.2. The number of rotatable bonds is 5. The van der Waals surface area contributed by atoms with E-state index < -0.39 is 11.7 Å². The number of alkyl carbamates (subject to hydrolysis) is 1. The van der Waals surface area contributed by atoms with Crippen molar-refractivity contribution in [2.24, 2.45) is 0 Å². The number of hydrogen-bond donors (Lipinski definition) is 1. The fourth-order valence-electron chi connectivity index (χ4n) is 1.61. The Morgan fingerprint density at radius 2 is 1.76 bits per heavy atom. The van der Waals surface area contributed by atoms with Gasteiger partial charge in [0.25, 0.3) is 0 Å². The fraction of sp³-hybridized carbons (Fsp3) is 0.500. The van der Waals surface area contributed by atoms with Crippen molar-refractivity contribution in [1.82, 2.24) is 5.32 Å². The normalized spacial score (nSPS) is 12.4. The Kier molecular flexibility index (Phi) is 5.76. The molecule has 1 rings (SSSR count). The average Bonchev–Trinajstić information content (AvgIpc) is 2.34. The molecule has 5 nitrogen and oxygen atoms in total. The minimum atomic E-state index is -0.520. The van der Waals surface area contributed by atoms with E-state index in [1.165, 1.54) is 6.92 Å². The minimum absolute atomic E-state index is 0.0287. The Morgan fingerprint density at radius 3 is 2.24 bits per heavy atom. The van der Waals surface area contributed by atoms with Gasteiger partial charge in [-0.05, 0) is 52.3 Å². The molecule has 0 saturated carbocycles. The Hall–Kier alpha value is -2.04. The number of ether oxygens (including phenoxy) is 2. The SMILES string of the molecule is CC(=O)COc1ccc([C@@H](C)NC(=O)OC(C)(C)C)cc1. The topological polar surface area (TPSA) is 64.6 Å². The lowest BCUT2D eigenvalue weighted by molar-refractivity contribution is -0.118. The molecule has 1 N–H and O–H groups in total. The van der Waals surface area contributed by atoms with Crippen molar-refractivity contribution in [3.8, 4) is 5.75 Å². The van der Waals surface area contributed by atoms with Gasteiger partial charge in [-0.3, -0.25) is 4.79 Å². The third kappa shape index (κ3) is 6.79. The lowest BCUT2D eigenvalue weighted by Gasteiger charge is -2.22. The molecule has 5 heteroatoms. The predicted molar refractivity (Wildman–Crippen MR) is 80.4 cm³/mol. The molecule has 0 radical (unpaired) electrons. The van der Waals surface area contributed by atoms with Crippen LogP contribution >= 0.6 is 0 Å². The molecule has 1 amide bonds. The Labute approximate surface area is 125 Å². The standard InChI is InChI=1S/C16H23NO4/c1-11(18)10-20-14-8-6-13(7-9-14)12(2)17-15(19)21-16(3,4)5/h6-9,12H,10H2,1-5H3,(H,17,19)/t12-/m1/s1. The summed E-state index contributed by atoms with van der Waals surface area (Å²) in [5, 5.41) is 2.77. The molecule has 0 spiro atoms. The molecule has 21 heavy (non-hydrogen) atoms. The first-order valence-electron chi connectivity index (χ1n) is 6.89. The maximum absolute atomic E-state index is 11.7. The summed E-state index contributed by atoms with van der Waals surface area (Å²) >= 11 is 0. The summed E-state index contributed by atoms with van der Waals surface area (Å²) in [4.78, 5) is 22.5. The lowest BCUT2D eigenvalue weighted by atomic mass is 10.1. The van der Waals surface area contributed by atoms with E-state index in [0.29, 0.717) is 5.75 Å². The maximum atomic E-state index is 11.7. The second kappa shape index (κ2) is 7.11. The number of Topliss-reactive ketones (excluding diaryl/α,β-unsaturated/α-hetero) is 1. The maximum Gasteiger partial charge on any atom is 0.408 e. The first-order valence-corrected chi connectivity index (χ1v) is 6.89. The van der Waals surface area contributed by atoms with E-state index in [0.717, 1.165) is 5.56 Å². The molecule has 1 aromatic carbocycles. The second-order valence-corrected chi connectivity index (χ2v) is 5.93. The minimum Gasteiger partial charge on any atom is -0.486 e. The molecule has 1 aromatic rings. The van der Waals surface area contributed by atoms with E-state index in [-0.39, 0.29) is 18.4 Å². The van der Waals surface area contributed by atoms with Gasteiger partial charge < -0.3 is 14.8 Å². The zero-order valence-electron chi connectivity index (χ0n) is 13.2. The van der Waals surface area contributed by atoms with E-state index in [9.17, 15) is 9.59 Å². The van der Waals surface area contributed by atoms with Crippen molar-refractivity contribution in [3.05, 3.63) is 29.8 Å². The van der Waals surface area contributed by atoms with Gasteiger partial charge in [-0.15, -0.1) is 0 Å². The summed E-state index contributed by atoms with van der Waals surface area (Å²) in [7, 11) is 0. The van der Waals surface area contributed by atoms with Gasteiger partial charge >= 0.3 is 6.09 Å². The summed E-state index contributed by atoms with van der Waals surface area (Å²) in [6, 6.07) is 7.05. The summed E-state index contributed by atoms with van der Waals surface area (Å²) in [5.74, 6) is 0.595. The van der Waals surface area contributed by atoms with Crippen LogP contribution in [0.5, 0.6) is 5.75 Å². The third-order valence-electron chi connectivity index (χ3n) is 2.56. The van der Waals surface area contributed by atoms with Crippen LogP contribution < -0.4 is 10.1 Å². The van der Waals surface area contributed by atoms with Crippen LogP contribution in [0.2, 0.25) is 0 Å². The molecular formula is C16H23NO4. The number of benzene rings is 1. The molecule has 0 aromatic heterocycles. The van der Waals surface area contributed by atoms with Gasteiger partial charge in [0.05, 0.1) is 6.04 Å². The van der Waals surface area contributed by atoms with Crippen molar-refractivity contribution in [3.63, 3.8) is 0 Å². The fourth-order valence-corrected chi connectivity index (χ4v) is 1.61. The van der Waals surface area contributed by atoms with E-state index in [2.05, 4.69) is 5.32 Å². The Bertz CT molecular complexity index is 488. The van der Waals surface area contributed by atoms with E-state index in [1.807, 2.05) is 39.8 Å². The van der Waals surface area contributed by atoms with Gasteiger partial charge in [-0.25, -0.2) is 4.79 Å². The highest BCUT2D eigenvalue weighted by molar-refractivity contribution is 5.77. The highest BCUT2D eigenvalue weighted by Crippen LogP contribution is 2.18. The molecule has 0 saturated heterocycles. The number of carbonyl (C=O) groups excluding carboxylic acids is 2. The van der Waals surface area contributed by atoms with E-state index in [4.69, 9.17) is 9.47 Å². The van der Waals surface area contributed by atoms with Crippen LogP contribution in [0.3, 0.4) is 0 Å². The smallest absolute Gasteiger partial charge is 0.408 e. The molecule has 0 aliphatic carbocycles. The summed E-state index contributed by atoms with van der Waals surface area (Å²) < 4.78 is 10.5. The van der Waals surface area contributed by atoms with Gasteiger partial charge in [0, 0.05) is 0 Å². The van der Waals surface area contributed by atoms with Crippen molar-refractivity contribution in [2.45, 2.75) is 46.3 Å². The van der Waals surface area contributed by atoms with Gasteiger partial charge in [0.15, 0.2) is 5.78 Å². The summed E-state index contributed by atoms with van der Waals surface area (Å²) in [6.07, 6.45) is -0.452. The lowest BCUT2D eigenvalue weighted by Crippen LogP contribution is -2.34. The molecule has 1 atom stereocenters. The number of nitrogens with one attached hydrogen (secondary N) is 1. The highest BCUT2D eigenvalue weighted by atomic mass is 16.6. The molecule has 0 aliphatic heterocycles. The van der Waals surface area contributed by atoms with Crippen LogP contribution in [-0.4, -0.2) is 24.1 Å². The van der Waals surface area contributed by atoms with Crippen molar-refractivity contribution < 1.29 is 19.1 Å². The van der Waals surface area contributed by atoms with Crippen LogP contribution in [0, 0.1) is 0 Å². The Balaban J connectivity index is 2.56. The quantitative estimate of drug-likeness (QED) is 0.905. The number of ketones is 1. The first kappa shape index (κ1) is 17.0. The molecule has 0 bridgehead atoms. The predicted octanol–water partition coefficient (Wildman–Crippen LogP) is 3.24. The number of hydrogen-bond acceptors (Lipinski definition) is 4. The third-order valence-corrected chi connectivity index (χ3v) is 2.56. The van der Waals surface area contributed by atoms with Crippen molar-refractivity contribution >= 4 is 11.9 Å². The molecule has 0 aliphatic rings. The van der Waals surface area contributed by atoms with Gasteiger partial charge in [-0.2, -0.15) is 0 Å². The molecule has 0 unspecified atom stereocenters. The summed E-state index contributed by atoms with van der Waals surface area (Å²) in [5.41, 5.74) is 0.407. The zero-order chi connectivity index (χ0) is 16.0. The van der Waals surface area contributed by atoms with Gasteiger partial charge in [0.2, 0.25) is 0 Å². The second-order valence-electron chi connectivity index (χ2n) is 5.93. The Morgan fingerprint density at radius 1 is 1.19 bits per heavy atom. The molecule has 0 heterocycles. The number of amides is 1. The van der Waals surface area contributed by atoms with Crippen LogP contribution in [0.1, 0.15) is 46.2 Å². The van der Waals surface area contributed by atoms with Crippen LogP contribution in [0.4, 0.5) is 4.79 Å². The molecular weight excluding hydrogens is 270 g/mol. The van der Waals surface area contributed by atoms with Crippen LogP contribution in [0.25, 0.3) is 0 Å². The van der Waals surface area contributed by atoms with Crippen LogP contribution in [-0.2, 0) is 9.53 Å². The largest absolute Gasteiger partial charge is 0.486 e. The first-order chi connectivity index (χ1) is 9.67. The van der Waals surface area contributed by atoms with Crippen LogP contribution in [0.15, 0.2) is 24.3 Å².